The van der Waals surface area contributed by atoms with Gasteiger partial charge in [-0.15, -0.1) is 0 Å². The number of aromatic amines is 1. The second-order valence-electron chi connectivity index (χ2n) is 6.82. The molecule has 0 unspecified atom stereocenters. The molecule has 1 aromatic carbocycles. The Morgan fingerprint density at radius 2 is 1.79 bits per heavy atom. The fourth-order valence-electron chi connectivity index (χ4n) is 3.36. The average molecular weight is 376 g/mol. The van der Waals surface area contributed by atoms with Crippen molar-refractivity contribution < 1.29 is 4.79 Å². The summed E-state index contributed by atoms with van der Waals surface area (Å²) >= 11 is 0. The van der Waals surface area contributed by atoms with Crippen molar-refractivity contribution in [3.05, 3.63) is 66.5 Å². The van der Waals surface area contributed by atoms with Gasteiger partial charge < -0.3 is 15.1 Å². The molecule has 7 heteroatoms. The van der Waals surface area contributed by atoms with Crippen LogP contribution in [0.4, 0.5) is 10.6 Å². The van der Waals surface area contributed by atoms with E-state index in [1.54, 1.807) is 12.4 Å². The first-order chi connectivity index (χ1) is 13.8. The number of carbonyl (C=O) groups is 1. The predicted octanol–water partition coefficient (Wildman–Crippen LogP) is 2.55. The zero-order valence-electron chi connectivity index (χ0n) is 15.7. The van der Waals surface area contributed by atoms with Crippen molar-refractivity contribution in [1.29, 1.82) is 0 Å². The number of nitrogens with one attached hydrogen (secondary N) is 2. The maximum atomic E-state index is 12.4. The summed E-state index contributed by atoms with van der Waals surface area (Å²) < 4.78 is 0. The number of urea groups is 1. The first-order valence-electron chi connectivity index (χ1n) is 9.57. The number of aromatic nitrogens is 3. The molecule has 0 bridgehead atoms. The third-order valence-electron chi connectivity index (χ3n) is 4.98. The number of rotatable bonds is 5. The maximum Gasteiger partial charge on any atom is 0.317 e. The normalized spacial score (nSPS) is 14.1. The fraction of sp³-hybridized carbons (Fsp3) is 0.286. The van der Waals surface area contributed by atoms with Gasteiger partial charge in [0.2, 0.25) is 0 Å². The molecule has 0 spiro atoms. The molecule has 0 atom stereocenters. The van der Waals surface area contributed by atoms with Crippen LogP contribution in [0.3, 0.4) is 0 Å². The Morgan fingerprint density at radius 1 is 1.04 bits per heavy atom. The van der Waals surface area contributed by atoms with Gasteiger partial charge in [0.1, 0.15) is 0 Å². The molecule has 1 fully saturated rings. The highest BCUT2D eigenvalue weighted by atomic mass is 16.2. The smallest absolute Gasteiger partial charge is 0.317 e. The average Bonchev–Trinajstić information content (AvgIpc) is 3.25. The molecule has 0 aliphatic carbocycles. The number of carbonyl (C=O) groups excluding carboxylic acids is 1. The van der Waals surface area contributed by atoms with Crippen molar-refractivity contribution in [2.75, 3.05) is 37.6 Å². The van der Waals surface area contributed by atoms with E-state index in [0.717, 1.165) is 36.6 Å². The predicted molar refractivity (Wildman–Crippen MR) is 109 cm³/mol. The van der Waals surface area contributed by atoms with Crippen molar-refractivity contribution in [2.24, 2.45) is 0 Å². The Bertz CT molecular complexity index is 888. The zero-order valence-corrected chi connectivity index (χ0v) is 15.7. The van der Waals surface area contributed by atoms with Crippen molar-refractivity contribution in [3.8, 4) is 11.3 Å². The van der Waals surface area contributed by atoms with Crippen LogP contribution in [-0.4, -0.2) is 58.8 Å². The fourth-order valence-corrected chi connectivity index (χ4v) is 3.36. The molecule has 1 aliphatic rings. The Morgan fingerprint density at radius 3 is 2.54 bits per heavy atom. The van der Waals surface area contributed by atoms with Crippen LogP contribution in [-0.2, 0) is 6.42 Å². The molecule has 1 aliphatic heterocycles. The van der Waals surface area contributed by atoms with E-state index < -0.39 is 0 Å². The summed E-state index contributed by atoms with van der Waals surface area (Å²) in [4.78, 5) is 20.5. The van der Waals surface area contributed by atoms with Crippen LogP contribution in [0.2, 0.25) is 0 Å². The number of H-pyrrole nitrogens is 1. The van der Waals surface area contributed by atoms with Crippen molar-refractivity contribution >= 4 is 11.8 Å². The van der Waals surface area contributed by atoms with Gasteiger partial charge in [-0.2, -0.15) is 5.10 Å². The standard InChI is InChI=1S/C21H24N6O/c28-21(23-11-6-17-4-2-1-3-5-17)27-14-12-26(13-15-27)20-16-19(24-25-20)18-7-9-22-10-8-18/h1-5,7-10,16H,6,11-15H2,(H,23,28)(H,24,25). The van der Waals surface area contributed by atoms with Gasteiger partial charge in [-0.25, -0.2) is 4.79 Å². The molecule has 2 N–H and O–H groups in total. The lowest BCUT2D eigenvalue weighted by Gasteiger charge is -2.34. The summed E-state index contributed by atoms with van der Waals surface area (Å²) in [5.41, 5.74) is 3.26. The van der Waals surface area contributed by atoms with E-state index in [1.165, 1.54) is 5.56 Å². The van der Waals surface area contributed by atoms with Gasteiger partial charge in [-0.1, -0.05) is 30.3 Å². The summed E-state index contributed by atoms with van der Waals surface area (Å²) in [6, 6.07) is 16.2. The number of benzene rings is 1. The SMILES string of the molecule is O=C(NCCc1ccccc1)N1CCN(c2cc(-c3ccncc3)[nH]n2)CC1. The van der Waals surface area contributed by atoms with E-state index in [0.29, 0.717) is 19.6 Å². The van der Waals surface area contributed by atoms with Crippen LogP contribution in [0.15, 0.2) is 60.9 Å². The van der Waals surface area contributed by atoms with E-state index in [9.17, 15) is 4.79 Å². The van der Waals surface area contributed by atoms with Gasteiger partial charge >= 0.3 is 6.03 Å². The second kappa shape index (κ2) is 8.56. The maximum absolute atomic E-state index is 12.4. The number of anilines is 1. The minimum Gasteiger partial charge on any atom is -0.352 e. The van der Waals surface area contributed by atoms with Gasteiger partial charge in [0.25, 0.3) is 0 Å². The Kier molecular flexibility index (Phi) is 5.51. The summed E-state index contributed by atoms with van der Waals surface area (Å²) in [7, 11) is 0. The van der Waals surface area contributed by atoms with Crippen LogP contribution < -0.4 is 10.2 Å². The van der Waals surface area contributed by atoms with Gasteiger partial charge in [0, 0.05) is 56.7 Å². The molecule has 4 rings (SSSR count). The third-order valence-corrected chi connectivity index (χ3v) is 4.98. The Hall–Kier alpha value is -3.35. The third kappa shape index (κ3) is 4.31. The number of hydrogen-bond donors (Lipinski definition) is 2. The highest BCUT2D eigenvalue weighted by molar-refractivity contribution is 5.74. The molecule has 2 aromatic heterocycles. The highest BCUT2D eigenvalue weighted by Crippen LogP contribution is 2.22. The molecular formula is C21H24N6O. The van der Waals surface area contributed by atoms with Gasteiger partial charge in [0.05, 0.1) is 5.69 Å². The van der Waals surface area contributed by atoms with Crippen LogP contribution in [0.25, 0.3) is 11.3 Å². The summed E-state index contributed by atoms with van der Waals surface area (Å²) in [6.45, 7) is 3.57. The molecule has 28 heavy (non-hydrogen) atoms. The number of pyridine rings is 1. The number of nitrogens with zero attached hydrogens (tertiary/aromatic N) is 4. The number of amides is 2. The van der Waals surface area contributed by atoms with Gasteiger partial charge in [-0.05, 0) is 24.1 Å². The summed E-state index contributed by atoms with van der Waals surface area (Å²) in [6.07, 6.45) is 4.38. The molecule has 3 aromatic rings. The monoisotopic (exact) mass is 376 g/mol. The minimum absolute atomic E-state index is 0.00934. The highest BCUT2D eigenvalue weighted by Gasteiger charge is 2.22. The van der Waals surface area contributed by atoms with E-state index >= 15 is 0 Å². The first-order valence-corrected chi connectivity index (χ1v) is 9.57. The van der Waals surface area contributed by atoms with Crippen molar-refractivity contribution in [3.63, 3.8) is 0 Å². The molecule has 3 heterocycles. The van der Waals surface area contributed by atoms with E-state index in [4.69, 9.17) is 0 Å². The largest absolute Gasteiger partial charge is 0.352 e. The van der Waals surface area contributed by atoms with Gasteiger partial charge in [0.15, 0.2) is 5.82 Å². The molecule has 144 valence electrons. The summed E-state index contributed by atoms with van der Waals surface area (Å²) in [5, 5.41) is 10.5. The zero-order chi connectivity index (χ0) is 19.2. The van der Waals surface area contributed by atoms with Crippen LogP contribution in [0.5, 0.6) is 0 Å². The lowest BCUT2D eigenvalue weighted by atomic mass is 10.1. The molecule has 2 amide bonds. The first kappa shape index (κ1) is 18.0. The quantitative estimate of drug-likeness (QED) is 0.717. The molecule has 1 saturated heterocycles. The van der Waals surface area contributed by atoms with Crippen LogP contribution >= 0.6 is 0 Å². The lowest BCUT2D eigenvalue weighted by molar-refractivity contribution is 0.194. The van der Waals surface area contributed by atoms with E-state index in [2.05, 4.69) is 37.5 Å². The molecular weight excluding hydrogens is 352 g/mol. The van der Waals surface area contributed by atoms with E-state index in [1.807, 2.05) is 41.3 Å². The Balaban J connectivity index is 1.25. The lowest BCUT2D eigenvalue weighted by Crippen LogP contribution is -2.52. The Labute approximate surface area is 164 Å². The van der Waals surface area contributed by atoms with Crippen LogP contribution in [0.1, 0.15) is 5.56 Å². The molecule has 0 radical (unpaired) electrons. The minimum atomic E-state index is 0.00934. The molecule has 0 saturated carbocycles. The summed E-state index contributed by atoms with van der Waals surface area (Å²) in [5.74, 6) is 0.913. The molecule has 7 nitrogen and oxygen atoms in total. The second-order valence-corrected chi connectivity index (χ2v) is 6.82. The topological polar surface area (TPSA) is 77.2 Å². The van der Waals surface area contributed by atoms with Gasteiger partial charge in [-0.3, -0.25) is 10.1 Å². The van der Waals surface area contributed by atoms with Crippen molar-refractivity contribution in [2.45, 2.75) is 6.42 Å². The van der Waals surface area contributed by atoms with Crippen LogP contribution in [0, 0.1) is 0 Å². The number of hydrogen-bond acceptors (Lipinski definition) is 4. The van der Waals surface area contributed by atoms with Crippen molar-refractivity contribution in [1.82, 2.24) is 25.4 Å². The van der Waals surface area contributed by atoms with E-state index in [-0.39, 0.29) is 6.03 Å². The number of piperazine rings is 1.